The minimum Gasteiger partial charge on any atom is -0.334 e. The van der Waals surface area contributed by atoms with E-state index in [1.54, 1.807) is 12.1 Å². The first-order chi connectivity index (χ1) is 12.8. The Morgan fingerprint density at radius 2 is 2.11 bits per heavy atom. The number of nitrogens with one attached hydrogen (secondary N) is 1. The lowest BCUT2D eigenvalue weighted by atomic mass is 10.2. The van der Waals surface area contributed by atoms with Gasteiger partial charge in [-0.05, 0) is 24.3 Å². The lowest BCUT2D eigenvalue weighted by molar-refractivity contribution is -0.116. The zero-order valence-electron chi connectivity index (χ0n) is 14.6. The molecule has 2 heterocycles. The number of anilines is 1. The van der Waals surface area contributed by atoms with E-state index in [-0.39, 0.29) is 29.6 Å². The molecular weight excluding hydrogens is 419 g/mol. The third-order valence-electron chi connectivity index (χ3n) is 3.71. The second-order valence-corrected chi connectivity index (χ2v) is 7.08. The number of amides is 1. The second-order valence-electron chi connectivity index (χ2n) is 6.17. The van der Waals surface area contributed by atoms with Gasteiger partial charge in [-0.15, -0.1) is 0 Å². The number of carbonyl (C=O) groups excluding carboxylic acids is 1. The van der Waals surface area contributed by atoms with Gasteiger partial charge in [-0.2, -0.15) is 4.98 Å². The number of halogens is 2. The van der Waals surface area contributed by atoms with Crippen molar-refractivity contribution in [2.24, 2.45) is 0 Å². The molecule has 7 nitrogen and oxygen atoms in total. The standard InChI is InChI=1S/C18H16BrFN4O3/c1-10(2)17-22-18(27-23-17)11-3-6-16(26)24(8-11)9-15(25)21-14-5-4-12(19)7-13(14)20/h3-8,10H,9H2,1-2H3,(H,21,25). The quantitative estimate of drug-likeness (QED) is 0.662. The summed E-state index contributed by atoms with van der Waals surface area (Å²) in [7, 11) is 0. The first kappa shape index (κ1) is 19.0. The van der Waals surface area contributed by atoms with Crippen LogP contribution in [-0.2, 0) is 11.3 Å². The molecule has 2 aromatic heterocycles. The first-order valence-corrected chi connectivity index (χ1v) is 8.92. The molecule has 3 rings (SSSR count). The molecule has 0 aliphatic heterocycles. The maximum absolute atomic E-state index is 13.8. The van der Waals surface area contributed by atoms with Crippen LogP contribution in [0.4, 0.5) is 10.1 Å². The summed E-state index contributed by atoms with van der Waals surface area (Å²) >= 11 is 3.15. The Morgan fingerprint density at radius 1 is 1.33 bits per heavy atom. The Bertz CT molecular complexity index is 1050. The van der Waals surface area contributed by atoms with E-state index >= 15 is 0 Å². The topological polar surface area (TPSA) is 90.0 Å². The number of nitrogens with zero attached hydrogens (tertiary/aromatic N) is 3. The summed E-state index contributed by atoms with van der Waals surface area (Å²) < 4.78 is 20.8. The molecule has 0 unspecified atom stereocenters. The smallest absolute Gasteiger partial charge is 0.259 e. The summed E-state index contributed by atoms with van der Waals surface area (Å²) in [5.74, 6) is -0.215. The summed E-state index contributed by atoms with van der Waals surface area (Å²) in [4.78, 5) is 28.5. The van der Waals surface area contributed by atoms with Crippen LogP contribution in [0, 0.1) is 5.82 Å². The van der Waals surface area contributed by atoms with Gasteiger partial charge < -0.3 is 14.4 Å². The highest BCUT2D eigenvalue weighted by molar-refractivity contribution is 9.10. The summed E-state index contributed by atoms with van der Waals surface area (Å²) in [6.45, 7) is 3.58. The van der Waals surface area contributed by atoms with Crippen molar-refractivity contribution in [1.29, 1.82) is 0 Å². The van der Waals surface area contributed by atoms with Gasteiger partial charge in [0.05, 0.1) is 11.3 Å². The van der Waals surface area contributed by atoms with Gasteiger partial charge in [0.1, 0.15) is 12.4 Å². The summed E-state index contributed by atoms with van der Waals surface area (Å²) in [6, 6.07) is 7.13. The highest BCUT2D eigenvalue weighted by atomic mass is 79.9. The maximum atomic E-state index is 13.8. The molecule has 140 valence electrons. The SMILES string of the molecule is CC(C)c1noc(-c2ccc(=O)n(CC(=O)Nc3ccc(Br)cc3F)c2)n1. The van der Waals surface area contributed by atoms with Gasteiger partial charge in [-0.1, -0.05) is 34.9 Å². The van der Waals surface area contributed by atoms with Crippen molar-refractivity contribution in [1.82, 2.24) is 14.7 Å². The molecule has 0 aliphatic carbocycles. The van der Waals surface area contributed by atoms with Crippen molar-refractivity contribution < 1.29 is 13.7 Å². The molecule has 0 spiro atoms. The highest BCUT2D eigenvalue weighted by Crippen LogP contribution is 2.20. The summed E-state index contributed by atoms with van der Waals surface area (Å²) in [5.41, 5.74) is 0.163. The molecule has 1 N–H and O–H groups in total. The van der Waals surface area contributed by atoms with Gasteiger partial charge in [0, 0.05) is 22.7 Å². The van der Waals surface area contributed by atoms with Crippen LogP contribution in [0.3, 0.4) is 0 Å². The molecule has 0 atom stereocenters. The Labute approximate surface area is 162 Å². The molecule has 0 fully saturated rings. The highest BCUT2D eigenvalue weighted by Gasteiger charge is 2.14. The van der Waals surface area contributed by atoms with Crippen molar-refractivity contribution in [3.8, 4) is 11.5 Å². The van der Waals surface area contributed by atoms with E-state index in [9.17, 15) is 14.0 Å². The summed E-state index contributed by atoms with van der Waals surface area (Å²) in [6.07, 6.45) is 1.46. The van der Waals surface area contributed by atoms with Crippen molar-refractivity contribution in [2.75, 3.05) is 5.32 Å². The Balaban J connectivity index is 1.79. The average Bonchev–Trinajstić information content (AvgIpc) is 3.10. The molecule has 9 heteroatoms. The van der Waals surface area contributed by atoms with Crippen LogP contribution in [0.25, 0.3) is 11.5 Å². The lowest BCUT2D eigenvalue weighted by Gasteiger charge is -2.09. The molecule has 0 saturated heterocycles. The van der Waals surface area contributed by atoms with E-state index in [0.29, 0.717) is 15.9 Å². The van der Waals surface area contributed by atoms with Gasteiger partial charge in [0.15, 0.2) is 5.82 Å². The normalized spacial score (nSPS) is 11.0. The first-order valence-electron chi connectivity index (χ1n) is 8.13. The molecular formula is C18H16BrFN4O3. The van der Waals surface area contributed by atoms with E-state index in [0.717, 1.165) is 0 Å². The van der Waals surface area contributed by atoms with E-state index in [4.69, 9.17) is 4.52 Å². The van der Waals surface area contributed by atoms with E-state index in [1.165, 1.54) is 29.0 Å². The van der Waals surface area contributed by atoms with Crippen LogP contribution in [-0.4, -0.2) is 20.6 Å². The lowest BCUT2D eigenvalue weighted by Crippen LogP contribution is -2.27. The fraction of sp³-hybridized carbons (Fsp3) is 0.222. The molecule has 1 aromatic carbocycles. The Hall–Kier alpha value is -2.81. The zero-order chi connectivity index (χ0) is 19.6. The van der Waals surface area contributed by atoms with Crippen molar-refractivity contribution in [2.45, 2.75) is 26.3 Å². The summed E-state index contributed by atoms with van der Waals surface area (Å²) in [5, 5.41) is 6.32. The fourth-order valence-electron chi connectivity index (χ4n) is 2.30. The Morgan fingerprint density at radius 3 is 2.78 bits per heavy atom. The van der Waals surface area contributed by atoms with E-state index < -0.39 is 11.7 Å². The van der Waals surface area contributed by atoms with Gasteiger partial charge in [-0.3, -0.25) is 9.59 Å². The van der Waals surface area contributed by atoms with E-state index in [2.05, 4.69) is 31.4 Å². The van der Waals surface area contributed by atoms with Gasteiger partial charge >= 0.3 is 0 Å². The number of carbonyl (C=O) groups is 1. The monoisotopic (exact) mass is 434 g/mol. The molecule has 1 amide bonds. The van der Waals surface area contributed by atoms with Crippen molar-refractivity contribution in [3.63, 3.8) is 0 Å². The average molecular weight is 435 g/mol. The van der Waals surface area contributed by atoms with Crippen LogP contribution < -0.4 is 10.9 Å². The van der Waals surface area contributed by atoms with Crippen LogP contribution in [0.1, 0.15) is 25.6 Å². The molecule has 0 aliphatic rings. The van der Waals surface area contributed by atoms with Gasteiger partial charge in [0.2, 0.25) is 5.91 Å². The fourth-order valence-corrected chi connectivity index (χ4v) is 2.64. The van der Waals surface area contributed by atoms with E-state index in [1.807, 2.05) is 13.8 Å². The molecule has 0 radical (unpaired) electrons. The van der Waals surface area contributed by atoms with Gasteiger partial charge in [0.25, 0.3) is 11.4 Å². The number of rotatable bonds is 5. The number of benzene rings is 1. The van der Waals surface area contributed by atoms with Crippen LogP contribution in [0.2, 0.25) is 0 Å². The minimum absolute atomic E-state index is 0.0332. The number of hydrogen-bond donors (Lipinski definition) is 1. The predicted molar refractivity (Wildman–Crippen MR) is 101 cm³/mol. The molecule has 0 bridgehead atoms. The molecule has 27 heavy (non-hydrogen) atoms. The van der Waals surface area contributed by atoms with Crippen LogP contribution >= 0.6 is 15.9 Å². The molecule has 0 saturated carbocycles. The third-order valence-corrected chi connectivity index (χ3v) is 4.20. The number of hydrogen-bond acceptors (Lipinski definition) is 5. The Kier molecular flexibility index (Phi) is 5.50. The predicted octanol–water partition coefficient (Wildman–Crippen LogP) is 3.56. The largest absolute Gasteiger partial charge is 0.334 e. The number of aromatic nitrogens is 3. The van der Waals surface area contributed by atoms with Gasteiger partial charge in [-0.25, -0.2) is 4.39 Å². The van der Waals surface area contributed by atoms with Crippen molar-refractivity contribution in [3.05, 3.63) is 63.0 Å². The third kappa shape index (κ3) is 4.48. The second kappa shape index (κ2) is 7.83. The number of pyridine rings is 1. The maximum Gasteiger partial charge on any atom is 0.259 e. The van der Waals surface area contributed by atoms with Crippen LogP contribution in [0.15, 0.2) is 50.3 Å². The van der Waals surface area contributed by atoms with Crippen molar-refractivity contribution >= 4 is 27.5 Å². The van der Waals surface area contributed by atoms with Crippen LogP contribution in [0.5, 0.6) is 0 Å². The minimum atomic E-state index is -0.578. The molecule has 3 aromatic rings. The zero-order valence-corrected chi connectivity index (χ0v) is 16.2.